The summed E-state index contributed by atoms with van der Waals surface area (Å²) in [6, 6.07) is 14.0. The summed E-state index contributed by atoms with van der Waals surface area (Å²) in [6.45, 7) is 3.56. The van der Waals surface area contributed by atoms with E-state index >= 15 is 0 Å². The molecule has 154 valence electrons. The number of H-pyrrole nitrogens is 1. The highest BCUT2D eigenvalue weighted by atomic mass is 19.1. The number of nitrogens with one attached hydrogen (secondary N) is 2. The van der Waals surface area contributed by atoms with Crippen LogP contribution >= 0.6 is 0 Å². The van der Waals surface area contributed by atoms with Gasteiger partial charge in [0.2, 0.25) is 0 Å². The van der Waals surface area contributed by atoms with E-state index in [0.29, 0.717) is 28.1 Å². The van der Waals surface area contributed by atoms with Crippen LogP contribution in [0.1, 0.15) is 24.2 Å². The minimum absolute atomic E-state index is 0.265. The fraction of sp³-hybridized carbons (Fsp3) is 0.130. The Morgan fingerprint density at radius 1 is 1.10 bits per heavy atom. The second kappa shape index (κ2) is 7.32. The molecular formula is C23H19FN6O. The van der Waals surface area contributed by atoms with Gasteiger partial charge in [0.1, 0.15) is 17.7 Å². The molecule has 5 rings (SSSR count). The largest absolute Gasteiger partial charge is 0.362 e. The van der Waals surface area contributed by atoms with Crippen molar-refractivity contribution in [3.8, 4) is 11.1 Å². The van der Waals surface area contributed by atoms with E-state index in [1.807, 2.05) is 43.3 Å². The van der Waals surface area contributed by atoms with E-state index in [1.54, 1.807) is 19.3 Å². The van der Waals surface area contributed by atoms with Crippen molar-refractivity contribution in [3.63, 3.8) is 0 Å². The number of hydrogen-bond donors (Lipinski definition) is 2. The van der Waals surface area contributed by atoms with Crippen LogP contribution in [0.2, 0.25) is 0 Å². The van der Waals surface area contributed by atoms with Gasteiger partial charge in [-0.15, -0.1) is 0 Å². The molecule has 4 heterocycles. The third-order valence-electron chi connectivity index (χ3n) is 5.45. The fourth-order valence-corrected chi connectivity index (χ4v) is 3.90. The molecule has 0 aliphatic heterocycles. The molecule has 0 radical (unpaired) electrons. The van der Waals surface area contributed by atoms with Crippen molar-refractivity contribution in [1.82, 2.24) is 24.3 Å². The second-order valence-electron chi connectivity index (χ2n) is 7.36. The molecule has 0 aliphatic carbocycles. The van der Waals surface area contributed by atoms with Crippen molar-refractivity contribution < 1.29 is 4.39 Å². The molecule has 4 aromatic heterocycles. The van der Waals surface area contributed by atoms with E-state index in [9.17, 15) is 9.18 Å². The molecule has 5 aromatic rings. The molecule has 0 spiro atoms. The first-order chi connectivity index (χ1) is 15.0. The van der Waals surface area contributed by atoms with Crippen molar-refractivity contribution in [1.29, 1.82) is 0 Å². The van der Waals surface area contributed by atoms with Gasteiger partial charge in [0.25, 0.3) is 5.56 Å². The van der Waals surface area contributed by atoms with Gasteiger partial charge in [-0.25, -0.2) is 19.3 Å². The molecule has 31 heavy (non-hydrogen) atoms. The molecule has 7 nitrogen and oxygen atoms in total. The maximum Gasteiger partial charge on any atom is 0.263 e. The highest BCUT2D eigenvalue weighted by molar-refractivity contribution is 5.82. The van der Waals surface area contributed by atoms with Crippen LogP contribution in [0, 0.1) is 12.7 Å². The summed E-state index contributed by atoms with van der Waals surface area (Å²) in [6.07, 6.45) is 3.00. The first kappa shape index (κ1) is 18.9. The smallest absolute Gasteiger partial charge is 0.263 e. The van der Waals surface area contributed by atoms with E-state index in [2.05, 4.69) is 25.3 Å². The van der Waals surface area contributed by atoms with E-state index in [1.165, 1.54) is 16.8 Å². The summed E-state index contributed by atoms with van der Waals surface area (Å²) in [5, 5.41) is 3.37. The summed E-state index contributed by atoms with van der Waals surface area (Å²) >= 11 is 0. The van der Waals surface area contributed by atoms with Crippen LogP contribution in [-0.2, 0) is 0 Å². The number of halogens is 1. The van der Waals surface area contributed by atoms with Crippen molar-refractivity contribution in [2.24, 2.45) is 0 Å². The van der Waals surface area contributed by atoms with Gasteiger partial charge in [0.05, 0.1) is 23.6 Å². The minimum Gasteiger partial charge on any atom is -0.362 e. The van der Waals surface area contributed by atoms with Crippen molar-refractivity contribution >= 4 is 22.5 Å². The van der Waals surface area contributed by atoms with Crippen molar-refractivity contribution in [3.05, 3.63) is 88.6 Å². The Morgan fingerprint density at radius 2 is 1.90 bits per heavy atom. The van der Waals surface area contributed by atoms with Gasteiger partial charge in [0.15, 0.2) is 11.5 Å². The normalized spacial score (nSPS) is 12.4. The molecule has 0 saturated carbocycles. The van der Waals surface area contributed by atoms with Gasteiger partial charge in [-0.1, -0.05) is 30.3 Å². The molecule has 0 saturated heterocycles. The van der Waals surface area contributed by atoms with E-state index in [4.69, 9.17) is 0 Å². The average molecular weight is 414 g/mol. The maximum absolute atomic E-state index is 14.2. The zero-order chi connectivity index (χ0) is 21.5. The lowest BCUT2D eigenvalue weighted by Crippen LogP contribution is -2.23. The number of aryl methyl sites for hydroxylation is 1. The monoisotopic (exact) mass is 414 g/mol. The first-order valence-electron chi connectivity index (χ1n) is 9.85. The van der Waals surface area contributed by atoms with E-state index in [-0.39, 0.29) is 17.3 Å². The van der Waals surface area contributed by atoms with Crippen LogP contribution in [0.3, 0.4) is 0 Å². The number of hydrogen-bond acceptors (Lipinski definition) is 5. The number of nitrogens with zero attached hydrogens (tertiary/aromatic N) is 4. The van der Waals surface area contributed by atoms with Gasteiger partial charge < -0.3 is 10.3 Å². The quantitative estimate of drug-likeness (QED) is 0.459. The number of imidazole rings is 1. The Hall–Kier alpha value is -4.07. The predicted octanol–water partition coefficient (Wildman–Crippen LogP) is 4.25. The highest BCUT2D eigenvalue weighted by Gasteiger charge is 2.20. The number of benzene rings is 1. The molecule has 0 fully saturated rings. The molecule has 1 atom stereocenters. The van der Waals surface area contributed by atoms with Crippen LogP contribution in [-0.4, -0.2) is 24.3 Å². The number of rotatable bonds is 4. The molecule has 0 bridgehead atoms. The summed E-state index contributed by atoms with van der Waals surface area (Å²) < 4.78 is 15.7. The minimum atomic E-state index is -0.421. The number of pyridine rings is 2. The van der Waals surface area contributed by atoms with Gasteiger partial charge in [0, 0.05) is 5.52 Å². The third-order valence-corrected chi connectivity index (χ3v) is 5.45. The number of fused-ring (bicyclic) bond motifs is 2. The third kappa shape index (κ3) is 3.13. The summed E-state index contributed by atoms with van der Waals surface area (Å²) in [5.74, 6) is 0.166. The summed E-state index contributed by atoms with van der Waals surface area (Å²) in [4.78, 5) is 29.2. The maximum atomic E-state index is 14.2. The van der Waals surface area contributed by atoms with Crippen LogP contribution in [0.15, 0.2) is 66.0 Å². The summed E-state index contributed by atoms with van der Waals surface area (Å²) in [5.41, 5.74) is 3.95. The van der Waals surface area contributed by atoms with E-state index in [0.717, 1.165) is 11.1 Å². The number of anilines is 1. The Bertz CT molecular complexity index is 1470. The standard InChI is InChI=1S/C23H19FN6O/c1-13(29-22-20-21(26-11-25-20)27-12-28-22)17-10-16-8-9-18(24)14(2)30(16)23(31)19(17)15-6-4-3-5-7-15/h3-13H,1-2H3,(H2,25,26,27,28,29)/t13-/m0/s1. The molecular weight excluding hydrogens is 395 g/mol. The molecule has 0 aliphatic rings. The summed E-state index contributed by atoms with van der Waals surface area (Å²) in [7, 11) is 0. The van der Waals surface area contributed by atoms with Crippen LogP contribution in [0.25, 0.3) is 27.8 Å². The molecule has 8 heteroatoms. The first-order valence-corrected chi connectivity index (χ1v) is 9.85. The van der Waals surface area contributed by atoms with Crippen molar-refractivity contribution in [2.45, 2.75) is 19.9 Å². The second-order valence-corrected chi connectivity index (χ2v) is 7.36. The highest BCUT2D eigenvalue weighted by Crippen LogP contribution is 2.30. The topological polar surface area (TPSA) is 88.0 Å². The Morgan fingerprint density at radius 3 is 2.71 bits per heavy atom. The van der Waals surface area contributed by atoms with Gasteiger partial charge in [-0.2, -0.15) is 0 Å². The van der Waals surface area contributed by atoms with Gasteiger partial charge in [-0.05, 0) is 43.2 Å². The number of aromatic nitrogens is 5. The zero-order valence-electron chi connectivity index (χ0n) is 16.9. The fourth-order valence-electron chi connectivity index (χ4n) is 3.90. The average Bonchev–Trinajstić information content (AvgIpc) is 3.26. The Balaban J connectivity index is 1.73. The lowest BCUT2D eigenvalue weighted by atomic mass is 9.96. The SMILES string of the molecule is Cc1c(F)ccc2cc([C@H](C)Nc3ncnc4nc[nH]c34)c(-c3ccccc3)c(=O)n12. The Kier molecular flexibility index (Phi) is 4.47. The molecule has 1 aromatic carbocycles. The zero-order valence-corrected chi connectivity index (χ0v) is 16.9. The van der Waals surface area contributed by atoms with Crippen LogP contribution in [0.4, 0.5) is 10.2 Å². The van der Waals surface area contributed by atoms with E-state index < -0.39 is 5.82 Å². The van der Waals surface area contributed by atoms with Crippen LogP contribution < -0.4 is 10.9 Å². The lowest BCUT2D eigenvalue weighted by Gasteiger charge is -2.20. The van der Waals surface area contributed by atoms with Gasteiger partial charge in [-0.3, -0.25) is 9.20 Å². The number of aromatic amines is 1. The molecule has 2 N–H and O–H groups in total. The van der Waals surface area contributed by atoms with Crippen LogP contribution in [0.5, 0.6) is 0 Å². The Labute approximate surface area is 176 Å². The molecule has 0 unspecified atom stereocenters. The van der Waals surface area contributed by atoms with Crippen molar-refractivity contribution in [2.75, 3.05) is 5.32 Å². The lowest BCUT2D eigenvalue weighted by molar-refractivity contribution is 0.605. The molecule has 0 amide bonds. The van der Waals surface area contributed by atoms with Gasteiger partial charge >= 0.3 is 0 Å². The predicted molar refractivity (Wildman–Crippen MR) is 118 cm³/mol.